The van der Waals surface area contributed by atoms with Gasteiger partial charge in [0.25, 0.3) is 0 Å². The molecule has 1 rings (SSSR count). The first-order valence-electron chi connectivity index (χ1n) is 4.64. The zero-order chi connectivity index (χ0) is 9.84. The summed E-state index contributed by atoms with van der Waals surface area (Å²) in [4.78, 5) is 23.2. The third kappa shape index (κ3) is 2.52. The minimum atomic E-state index is -0.200. The van der Waals surface area contributed by atoms with Crippen LogP contribution in [0.5, 0.6) is 0 Å². The van der Waals surface area contributed by atoms with E-state index in [1.165, 1.54) is 0 Å². The van der Waals surface area contributed by atoms with E-state index in [0.717, 1.165) is 12.7 Å². The van der Waals surface area contributed by atoms with Crippen molar-refractivity contribution in [2.75, 3.05) is 6.54 Å². The molecule has 0 aromatic carbocycles. The van der Waals surface area contributed by atoms with Crippen molar-refractivity contribution in [1.82, 2.24) is 4.90 Å². The number of amides is 1. The topological polar surface area (TPSA) is 63.4 Å². The van der Waals surface area contributed by atoms with Gasteiger partial charge in [-0.3, -0.25) is 4.79 Å². The fourth-order valence-electron chi connectivity index (χ4n) is 1.70. The molecule has 0 radical (unpaired) electrons. The summed E-state index contributed by atoms with van der Waals surface area (Å²) in [6, 6.07) is 0. The molecule has 13 heavy (non-hydrogen) atoms. The number of nitrogens with two attached hydrogens (primary N) is 1. The van der Waals surface area contributed by atoms with Crippen LogP contribution < -0.4 is 5.73 Å². The van der Waals surface area contributed by atoms with Gasteiger partial charge in [0.1, 0.15) is 6.29 Å². The first-order valence-corrected chi connectivity index (χ1v) is 4.64. The number of hydrogen-bond donors (Lipinski definition) is 1. The highest BCUT2D eigenvalue weighted by Crippen LogP contribution is 2.22. The van der Waals surface area contributed by atoms with Gasteiger partial charge in [-0.2, -0.15) is 0 Å². The van der Waals surface area contributed by atoms with Crippen molar-refractivity contribution >= 4 is 12.2 Å². The lowest BCUT2D eigenvalue weighted by molar-refractivity contribution is -0.129. The minimum absolute atomic E-state index is 0.117. The Labute approximate surface area is 78.1 Å². The maximum Gasteiger partial charge on any atom is 0.224 e. The third-order valence-electron chi connectivity index (χ3n) is 2.42. The molecular weight excluding hydrogens is 168 g/mol. The number of carbonyl (C=O) groups is 2. The van der Waals surface area contributed by atoms with Crippen LogP contribution in [0.25, 0.3) is 0 Å². The van der Waals surface area contributed by atoms with E-state index < -0.39 is 0 Å². The third-order valence-corrected chi connectivity index (χ3v) is 2.42. The van der Waals surface area contributed by atoms with Gasteiger partial charge in [0.2, 0.25) is 5.91 Å². The summed E-state index contributed by atoms with van der Waals surface area (Å²) < 4.78 is 0. The SMILES string of the molecule is C[C@H](N)N1C[C@H](CCC=O)CC1=O. The highest BCUT2D eigenvalue weighted by atomic mass is 16.2. The van der Waals surface area contributed by atoms with E-state index in [4.69, 9.17) is 5.73 Å². The van der Waals surface area contributed by atoms with Crippen molar-refractivity contribution in [1.29, 1.82) is 0 Å². The number of carbonyl (C=O) groups excluding carboxylic acids is 2. The van der Waals surface area contributed by atoms with E-state index in [9.17, 15) is 9.59 Å². The molecule has 0 aliphatic carbocycles. The molecule has 2 N–H and O–H groups in total. The molecule has 1 amide bonds. The second kappa shape index (κ2) is 4.37. The van der Waals surface area contributed by atoms with Crippen molar-refractivity contribution in [3.63, 3.8) is 0 Å². The largest absolute Gasteiger partial charge is 0.327 e. The molecule has 74 valence electrons. The van der Waals surface area contributed by atoms with Crippen LogP contribution in [0.4, 0.5) is 0 Å². The first-order chi connectivity index (χ1) is 6.15. The van der Waals surface area contributed by atoms with Crippen LogP contribution in [-0.2, 0) is 9.59 Å². The molecule has 4 nitrogen and oxygen atoms in total. The normalized spacial score (nSPS) is 24.9. The summed E-state index contributed by atoms with van der Waals surface area (Å²) in [6.07, 6.45) is 2.60. The van der Waals surface area contributed by atoms with E-state index in [1.807, 2.05) is 0 Å². The molecule has 1 fully saturated rings. The smallest absolute Gasteiger partial charge is 0.224 e. The van der Waals surface area contributed by atoms with Crippen LogP contribution in [0.1, 0.15) is 26.2 Å². The van der Waals surface area contributed by atoms with Gasteiger partial charge in [0.05, 0.1) is 6.17 Å². The second-order valence-corrected chi connectivity index (χ2v) is 3.60. The van der Waals surface area contributed by atoms with Crippen LogP contribution in [0.2, 0.25) is 0 Å². The fourth-order valence-corrected chi connectivity index (χ4v) is 1.70. The number of hydrogen-bond acceptors (Lipinski definition) is 3. The molecule has 4 heteroatoms. The van der Waals surface area contributed by atoms with Crippen LogP contribution in [0.15, 0.2) is 0 Å². The summed E-state index contributed by atoms with van der Waals surface area (Å²) >= 11 is 0. The lowest BCUT2D eigenvalue weighted by Gasteiger charge is -2.20. The van der Waals surface area contributed by atoms with Gasteiger partial charge in [-0.05, 0) is 19.3 Å². The Bertz CT molecular complexity index is 204. The van der Waals surface area contributed by atoms with Crippen molar-refractivity contribution < 1.29 is 9.59 Å². The molecule has 1 aliphatic heterocycles. The summed E-state index contributed by atoms with van der Waals surface area (Å²) in [7, 11) is 0. The maximum atomic E-state index is 11.3. The summed E-state index contributed by atoms with van der Waals surface area (Å²) in [5.41, 5.74) is 5.61. The van der Waals surface area contributed by atoms with Crippen molar-refractivity contribution in [2.24, 2.45) is 11.7 Å². The van der Waals surface area contributed by atoms with Crippen LogP contribution >= 0.6 is 0 Å². The molecule has 2 atom stereocenters. The summed E-state index contributed by atoms with van der Waals surface area (Å²) in [6.45, 7) is 2.52. The molecular formula is C9H16N2O2. The molecule has 0 spiro atoms. The highest BCUT2D eigenvalue weighted by Gasteiger charge is 2.30. The van der Waals surface area contributed by atoms with E-state index in [-0.39, 0.29) is 12.1 Å². The monoisotopic (exact) mass is 184 g/mol. The fraction of sp³-hybridized carbons (Fsp3) is 0.778. The molecule has 0 saturated carbocycles. The second-order valence-electron chi connectivity index (χ2n) is 3.60. The number of aldehydes is 1. The van der Waals surface area contributed by atoms with Gasteiger partial charge in [-0.25, -0.2) is 0 Å². The van der Waals surface area contributed by atoms with Gasteiger partial charge >= 0.3 is 0 Å². The predicted octanol–water partition coefficient (Wildman–Crippen LogP) is 0.119. The number of likely N-dealkylation sites (tertiary alicyclic amines) is 1. The average Bonchev–Trinajstić information content (AvgIpc) is 2.43. The van der Waals surface area contributed by atoms with E-state index in [1.54, 1.807) is 11.8 Å². The molecule has 1 saturated heterocycles. The lowest BCUT2D eigenvalue weighted by Crippen LogP contribution is -2.40. The van der Waals surface area contributed by atoms with Crippen molar-refractivity contribution in [3.05, 3.63) is 0 Å². The van der Waals surface area contributed by atoms with Gasteiger partial charge in [0, 0.05) is 19.4 Å². The van der Waals surface area contributed by atoms with Crippen LogP contribution in [0.3, 0.4) is 0 Å². The lowest BCUT2D eigenvalue weighted by atomic mass is 10.0. The van der Waals surface area contributed by atoms with Crippen LogP contribution in [-0.4, -0.2) is 29.8 Å². The zero-order valence-corrected chi connectivity index (χ0v) is 7.90. The van der Waals surface area contributed by atoms with Gasteiger partial charge in [-0.1, -0.05) is 0 Å². The molecule has 1 heterocycles. The predicted molar refractivity (Wildman–Crippen MR) is 48.8 cm³/mol. The Kier molecular flexibility index (Phi) is 3.42. The Balaban J connectivity index is 2.40. The molecule has 0 aromatic heterocycles. The minimum Gasteiger partial charge on any atom is -0.327 e. The maximum absolute atomic E-state index is 11.3. The van der Waals surface area contributed by atoms with Gasteiger partial charge < -0.3 is 15.4 Å². The van der Waals surface area contributed by atoms with Crippen molar-refractivity contribution in [2.45, 2.75) is 32.4 Å². The van der Waals surface area contributed by atoms with Crippen molar-refractivity contribution in [3.8, 4) is 0 Å². The van der Waals surface area contributed by atoms with E-state index in [2.05, 4.69) is 0 Å². The number of nitrogens with zero attached hydrogens (tertiary/aromatic N) is 1. The average molecular weight is 184 g/mol. The van der Waals surface area contributed by atoms with E-state index in [0.29, 0.717) is 25.3 Å². The Hall–Kier alpha value is -0.900. The van der Waals surface area contributed by atoms with E-state index >= 15 is 0 Å². The van der Waals surface area contributed by atoms with Gasteiger partial charge in [0.15, 0.2) is 0 Å². The molecule has 0 bridgehead atoms. The molecule has 0 unspecified atom stereocenters. The Morgan fingerprint density at radius 1 is 1.77 bits per heavy atom. The summed E-state index contributed by atoms with van der Waals surface area (Å²) in [5, 5.41) is 0. The standard InChI is InChI=1S/C9H16N2O2/c1-7(10)11-6-8(3-2-4-12)5-9(11)13/h4,7-8H,2-3,5-6,10H2,1H3/t7-,8-/m1/s1. The summed E-state index contributed by atoms with van der Waals surface area (Å²) in [5.74, 6) is 0.439. The zero-order valence-electron chi connectivity index (χ0n) is 7.90. The number of rotatable bonds is 4. The molecule has 1 aliphatic rings. The quantitative estimate of drug-likeness (QED) is 0.631. The Morgan fingerprint density at radius 3 is 2.92 bits per heavy atom. The highest BCUT2D eigenvalue weighted by molar-refractivity contribution is 5.78. The Morgan fingerprint density at radius 2 is 2.46 bits per heavy atom. The van der Waals surface area contributed by atoms with Gasteiger partial charge in [-0.15, -0.1) is 0 Å². The van der Waals surface area contributed by atoms with Crippen LogP contribution in [0, 0.1) is 5.92 Å². The molecule has 0 aromatic rings. The first kappa shape index (κ1) is 10.2.